The lowest BCUT2D eigenvalue weighted by molar-refractivity contribution is -0.155. The number of amides is 9. The SMILES string of the molecule is C/C=C1/NC(=O)C(C(C)O)NC(=O)C(CCN)NC(=O)C(CCCCN)NC(=O)C(CC(=O)O)NC(=O)C(CCN)NC(=O)C(NC(=O)CC(O)CCCCCCCCCCCCC)COC(=O)C(C(O)CCl)NC(=O)C(C(O)C(=O)O)NC1=O. The Morgan fingerprint density at radius 2 is 1.11 bits per heavy atom. The van der Waals surface area contributed by atoms with Gasteiger partial charge in [-0.1, -0.05) is 83.6 Å². The number of carbonyl (C=O) groups excluding carboxylic acids is 10. The number of aliphatic hydroxyl groups excluding tert-OH is 4. The Hall–Kier alpha value is -6.61. The van der Waals surface area contributed by atoms with Gasteiger partial charge in [0.1, 0.15) is 54.6 Å². The molecule has 1 saturated heterocycles. The zero-order valence-corrected chi connectivity index (χ0v) is 49.3. The number of nitrogens with two attached hydrogens (primary N) is 3. The number of esters is 1. The molecule has 12 unspecified atom stereocenters. The first-order valence-corrected chi connectivity index (χ1v) is 29.2. The molecule has 85 heavy (non-hydrogen) atoms. The minimum absolute atomic E-state index is 0.123. The second-order valence-corrected chi connectivity index (χ2v) is 20.9. The number of unbranched alkanes of at least 4 members (excludes halogenated alkanes) is 11. The number of cyclic esters (lactones) is 1. The molecule has 9 amide bonds. The number of carbonyl (C=O) groups is 12. The number of hydrogen-bond acceptors (Lipinski definition) is 20. The molecule has 0 radical (unpaired) electrons. The van der Waals surface area contributed by atoms with E-state index in [2.05, 4.69) is 44.1 Å². The van der Waals surface area contributed by atoms with Gasteiger partial charge in [0.2, 0.25) is 47.3 Å². The number of carboxylic acids is 2. The van der Waals surface area contributed by atoms with Gasteiger partial charge in [0.15, 0.2) is 12.1 Å². The highest BCUT2D eigenvalue weighted by molar-refractivity contribution is 6.18. The Morgan fingerprint density at radius 3 is 1.60 bits per heavy atom. The van der Waals surface area contributed by atoms with Crippen molar-refractivity contribution in [3.05, 3.63) is 11.8 Å². The van der Waals surface area contributed by atoms with Gasteiger partial charge in [-0.3, -0.25) is 47.9 Å². The molecular formula is C53H91ClN12O19. The quantitative estimate of drug-likeness (QED) is 0.0140. The van der Waals surface area contributed by atoms with E-state index in [1.54, 1.807) is 0 Å². The minimum Gasteiger partial charge on any atom is -0.481 e. The van der Waals surface area contributed by atoms with E-state index in [0.717, 1.165) is 57.9 Å². The Bertz CT molecular complexity index is 2230. The summed E-state index contributed by atoms with van der Waals surface area (Å²) in [5.74, 6) is -17.8. The van der Waals surface area contributed by atoms with Crippen molar-refractivity contribution < 1.29 is 92.9 Å². The third-order valence-corrected chi connectivity index (χ3v) is 13.8. The molecule has 0 aromatic heterocycles. The van der Waals surface area contributed by atoms with Crippen LogP contribution in [0.4, 0.5) is 0 Å². The zero-order valence-electron chi connectivity index (χ0n) is 48.6. The lowest BCUT2D eigenvalue weighted by Gasteiger charge is -2.28. The minimum atomic E-state index is -2.83. The van der Waals surface area contributed by atoms with Gasteiger partial charge in [0.25, 0.3) is 5.91 Å². The van der Waals surface area contributed by atoms with E-state index in [9.17, 15) is 88.2 Å². The monoisotopic (exact) mass is 1230 g/mol. The summed E-state index contributed by atoms with van der Waals surface area (Å²) >= 11 is 5.86. The number of rotatable bonds is 30. The topological polar surface area (TPSA) is 522 Å². The van der Waals surface area contributed by atoms with E-state index in [-0.39, 0.29) is 45.3 Å². The number of aliphatic carboxylic acids is 2. The summed E-state index contributed by atoms with van der Waals surface area (Å²) in [5.41, 5.74) is 16.4. The summed E-state index contributed by atoms with van der Waals surface area (Å²) in [6, 6.07) is -15.8. The summed E-state index contributed by atoms with van der Waals surface area (Å²) < 4.78 is 5.28. The molecule has 1 heterocycles. The molecule has 484 valence electrons. The van der Waals surface area contributed by atoms with Gasteiger partial charge < -0.3 is 100 Å². The van der Waals surface area contributed by atoms with Gasteiger partial charge in [0.05, 0.1) is 37.0 Å². The van der Waals surface area contributed by atoms with Crippen molar-refractivity contribution in [2.24, 2.45) is 17.2 Å². The molecule has 0 saturated carbocycles. The molecule has 0 aromatic carbocycles. The molecule has 1 aliphatic rings. The summed E-state index contributed by atoms with van der Waals surface area (Å²) in [4.78, 5) is 163. The number of halogens is 1. The maximum atomic E-state index is 14.2. The number of carboxylic acid groups (broad SMARTS) is 2. The Labute approximate surface area is 498 Å². The Balaban J connectivity index is 3.95. The highest BCUT2D eigenvalue weighted by Gasteiger charge is 2.41. The summed E-state index contributed by atoms with van der Waals surface area (Å²) in [5, 5.41) is 82.3. The first kappa shape index (κ1) is 76.4. The van der Waals surface area contributed by atoms with Crippen LogP contribution < -0.4 is 65.1 Å². The van der Waals surface area contributed by atoms with E-state index in [1.807, 2.05) is 10.6 Å². The van der Waals surface area contributed by atoms with Crippen molar-refractivity contribution in [2.45, 2.75) is 216 Å². The van der Waals surface area contributed by atoms with Crippen LogP contribution in [-0.4, -0.2) is 207 Å². The highest BCUT2D eigenvalue weighted by atomic mass is 35.5. The smallest absolute Gasteiger partial charge is 0.335 e. The van der Waals surface area contributed by atoms with E-state index >= 15 is 0 Å². The second kappa shape index (κ2) is 42.2. The Kier molecular flexibility index (Phi) is 38.0. The fraction of sp³-hybridized carbons (Fsp3) is 0.736. The molecule has 1 aliphatic heterocycles. The number of aliphatic hydroxyl groups is 4. The van der Waals surface area contributed by atoms with Gasteiger partial charge >= 0.3 is 17.9 Å². The Morgan fingerprint density at radius 1 is 0.612 bits per heavy atom. The summed E-state index contributed by atoms with van der Waals surface area (Å²) in [6.07, 6.45) is 2.18. The molecule has 1 fully saturated rings. The normalized spacial score (nSPS) is 24.2. The number of ether oxygens (including phenoxy) is 1. The zero-order chi connectivity index (χ0) is 64.2. The van der Waals surface area contributed by atoms with Crippen molar-refractivity contribution in [1.29, 1.82) is 0 Å². The molecule has 0 spiro atoms. The molecular weight excluding hydrogens is 1140 g/mol. The van der Waals surface area contributed by atoms with Crippen LogP contribution in [0.25, 0.3) is 0 Å². The van der Waals surface area contributed by atoms with Crippen LogP contribution in [-0.2, 0) is 62.3 Å². The number of nitrogens with one attached hydrogen (secondary N) is 9. The lowest BCUT2D eigenvalue weighted by Crippen LogP contribution is -2.62. The molecule has 12 atom stereocenters. The predicted octanol–water partition coefficient (Wildman–Crippen LogP) is -4.38. The standard InChI is InChI=1S/C53H91ClN12O19/c1-4-6-7-8-9-10-11-12-13-14-15-18-30(68)25-38(70)58-36-28-85-53(84)41(37(69)27-54)65-51(81)42(43(73)52(82)83)66-44(74)31(5-2)59-50(80)40(29(3)67)64-47(77)34(21-24-57)61-45(75)32(19-16-17-22-55)60-48(78)35(26-39(71)72)63-46(76)33(20-23-56)62-49(36)79/h5,29-30,32-37,40-43,67-69,73H,4,6-28,55-57H2,1-3H3,(H,58,70)(H,59,80)(H,60,78)(H,61,75)(H,62,79)(H,63,76)(H,64,77)(H,65,81)(H,66,74)(H,71,72)(H,82,83)/b31-5+. The van der Waals surface area contributed by atoms with Crippen molar-refractivity contribution in [1.82, 2.24) is 47.9 Å². The number of allylic oxidation sites excluding steroid dienone is 1. The summed E-state index contributed by atoms with van der Waals surface area (Å²) in [7, 11) is 0. The first-order chi connectivity index (χ1) is 40.3. The van der Waals surface area contributed by atoms with E-state index in [4.69, 9.17) is 33.5 Å². The van der Waals surface area contributed by atoms with Gasteiger partial charge in [-0.15, -0.1) is 11.6 Å². The molecule has 0 aliphatic carbocycles. The van der Waals surface area contributed by atoms with Crippen LogP contribution in [0.15, 0.2) is 11.8 Å². The van der Waals surface area contributed by atoms with E-state index in [0.29, 0.717) is 12.8 Å². The largest absolute Gasteiger partial charge is 0.481 e. The van der Waals surface area contributed by atoms with Crippen LogP contribution in [0.1, 0.15) is 143 Å². The van der Waals surface area contributed by atoms with Crippen LogP contribution in [0, 0.1) is 0 Å². The fourth-order valence-corrected chi connectivity index (χ4v) is 8.76. The van der Waals surface area contributed by atoms with E-state index < -0.39 is 181 Å². The van der Waals surface area contributed by atoms with Crippen LogP contribution in [0.5, 0.6) is 0 Å². The molecule has 31 nitrogen and oxygen atoms in total. The maximum Gasteiger partial charge on any atom is 0.335 e. The van der Waals surface area contributed by atoms with Crippen LogP contribution in [0.2, 0.25) is 0 Å². The second-order valence-electron chi connectivity index (χ2n) is 20.6. The van der Waals surface area contributed by atoms with Gasteiger partial charge in [-0.25, -0.2) is 9.59 Å². The average Bonchev–Trinajstić information content (AvgIpc) is 3.65. The summed E-state index contributed by atoms with van der Waals surface area (Å²) in [6.45, 7) is 2.65. The molecule has 0 bridgehead atoms. The third kappa shape index (κ3) is 29.4. The molecule has 32 heteroatoms. The van der Waals surface area contributed by atoms with Gasteiger partial charge in [-0.05, 0) is 72.0 Å². The molecule has 0 aromatic rings. The van der Waals surface area contributed by atoms with Gasteiger partial charge in [0, 0.05) is 0 Å². The molecule has 21 N–H and O–H groups in total. The van der Waals surface area contributed by atoms with Crippen molar-refractivity contribution >= 4 is 82.7 Å². The van der Waals surface area contributed by atoms with Crippen molar-refractivity contribution in [2.75, 3.05) is 32.1 Å². The van der Waals surface area contributed by atoms with E-state index in [1.165, 1.54) is 26.2 Å². The van der Waals surface area contributed by atoms with Crippen molar-refractivity contribution in [3.8, 4) is 0 Å². The van der Waals surface area contributed by atoms with Crippen LogP contribution >= 0.6 is 11.6 Å². The maximum absolute atomic E-state index is 14.2. The number of hydrogen-bond donors (Lipinski definition) is 18. The average molecular weight is 1240 g/mol. The van der Waals surface area contributed by atoms with Crippen molar-refractivity contribution in [3.63, 3.8) is 0 Å². The molecule has 1 rings (SSSR count). The third-order valence-electron chi connectivity index (χ3n) is 13.5. The lowest BCUT2D eigenvalue weighted by atomic mass is 10.0. The highest BCUT2D eigenvalue weighted by Crippen LogP contribution is 2.15. The number of alkyl halides is 1. The predicted molar refractivity (Wildman–Crippen MR) is 305 cm³/mol. The van der Waals surface area contributed by atoms with Gasteiger partial charge in [-0.2, -0.15) is 0 Å². The first-order valence-electron chi connectivity index (χ1n) is 28.7. The fourth-order valence-electron chi connectivity index (χ4n) is 8.58. The van der Waals surface area contributed by atoms with Crippen LogP contribution in [0.3, 0.4) is 0 Å².